The molecule has 5 heteroatoms. The minimum atomic E-state index is 0.0873. The summed E-state index contributed by atoms with van der Waals surface area (Å²) in [6, 6.07) is 0. The molecule has 1 aromatic rings. The first kappa shape index (κ1) is 15.2. The van der Waals surface area contributed by atoms with E-state index in [2.05, 4.69) is 42.9 Å². The van der Waals surface area contributed by atoms with Gasteiger partial charge >= 0.3 is 0 Å². The zero-order valence-corrected chi connectivity index (χ0v) is 13.0. The molecule has 2 heterocycles. The lowest BCUT2D eigenvalue weighted by molar-refractivity contribution is 0.0381. The van der Waals surface area contributed by atoms with Gasteiger partial charge in [-0.15, -0.1) is 0 Å². The van der Waals surface area contributed by atoms with Gasteiger partial charge in [-0.2, -0.15) is 0 Å². The summed E-state index contributed by atoms with van der Waals surface area (Å²) in [5, 5.41) is 3.44. The van der Waals surface area contributed by atoms with Crippen LogP contribution in [0.2, 0.25) is 0 Å². The Morgan fingerprint density at radius 3 is 2.90 bits per heavy atom. The Hall–Kier alpha value is -1.20. The highest BCUT2D eigenvalue weighted by atomic mass is 16.5. The first-order valence-electron chi connectivity index (χ1n) is 7.40. The zero-order chi connectivity index (χ0) is 14.6. The van der Waals surface area contributed by atoms with Crippen LogP contribution in [-0.4, -0.2) is 41.3 Å². The normalized spacial score (nSPS) is 20.2. The number of anilines is 1. The molecule has 1 fully saturated rings. The average molecular weight is 278 g/mol. The van der Waals surface area contributed by atoms with Crippen LogP contribution in [0.5, 0.6) is 0 Å². The molecule has 0 aliphatic carbocycles. The number of morpholine rings is 1. The van der Waals surface area contributed by atoms with E-state index >= 15 is 0 Å². The van der Waals surface area contributed by atoms with E-state index in [4.69, 9.17) is 9.72 Å². The monoisotopic (exact) mass is 278 g/mol. The third-order valence-corrected chi connectivity index (χ3v) is 3.39. The van der Waals surface area contributed by atoms with Crippen LogP contribution in [-0.2, 0) is 11.3 Å². The molecule has 0 radical (unpaired) electrons. The number of nitrogens with one attached hydrogen (secondary N) is 1. The molecule has 1 aromatic heterocycles. The number of hydrogen-bond donors (Lipinski definition) is 1. The van der Waals surface area contributed by atoms with Gasteiger partial charge in [-0.1, -0.05) is 6.92 Å². The van der Waals surface area contributed by atoms with E-state index in [0.29, 0.717) is 6.10 Å². The van der Waals surface area contributed by atoms with Crippen LogP contribution in [0.3, 0.4) is 0 Å². The SMILES string of the molecule is CCC1CN(c2cncc(CNC(C)(C)C)n2)CCO1. The van der Waals surface area contributed by atoms with Crippen molar-refractivity contribution in [3.63, 3.8) is 0 Å². The van der Waals surface area contributed by atoms with E-state index in [1.165, 1.54) is 0 Å². The molecule has 1 aliphatic heterocycles. The van der Waals surface area contributed by atoms with Gasteiger partial charge in [0, 0.05) is 31.4 Å². The van der Waals surface area contributed by atoms with Crippen molar-refractivity contribution in [2.75, 3.05) is 24.6 Å². The molecule has 1 unspecified atom stereocenters. The predicted octanol–water partition coefficient (Wildman–Crippen LogP) is 1.98. The molecule has 1 atom stereocenters. The van der Waals surface area contributed by atoms with E-state index < -0.39 is 0 Å². The standard InChI is InChI=1S/C15H26N4O/c1-5-13-11-19(6-7-20-13)14-10-16-8-12(18-14)9-17-15(2,3)4/h8,10,13,17H,5-7,9,11H2,1-4H3. The Bertz CT molecular complexity index is 430. The molecular weight excluding hydrogens is 252 g/mol. The zero-order valence-electron chi connectivity index (χ0n) is 13.0. The molecule has 0 saturated carbocycles. The third kappa shape index (κ3) is 4.42. The van der Waals surface area contributed by atoms with Gasteiger partial charge in [-0.3, -0.25) is 4.98 Å². The summed E-state index contributed by atoms with van der Waals surface area (Å²) in [6.45, 7) is 11.9. The minimum Gasteiger partial charge on any atom is -0.375 e. The predicted molar refractivity (Wildman–Crippen MR) is 80.9 cm³/mol. The van der Waals surface area contributed by atoms with Crippen LogP contribution < -0.4 is 10.2 Å². The summed E-state index contributed by atoms with van der Waals surface area (Å²) >= 11 is 0. The van der Waals surface area contributed by atoms with E-state index in [-0.39, 0.29) is 5.54 Å². The van der Waals surface area contributed by atoms with Crippen molar-refractivity contribution in [2.24, 2.45) is 0 Å². The van der Waals surface area contributed by atoms with Crippen molar-refractivity contribution in [1.29, 1.82) is 0 Å². The van der Waals surface area contributed by atoms with Crippen LogP contribution in [0.4, 0.5) is 5.82 Å². The molecule has 0 spiro atoms. The minimum absolute atomic E-state index is 0.0873. The molecule has 112 valence electrons. The quantitative estimate of drug-likeness (QED) is 0.912. The van der Waals surface area contributed by atoms with Crippen molar-refractivity contribution in [1.82, 2.24) is 15.3 Å². The fourth-order valence-electron chi connectivity index (χ4n) is 2.16. The smallest absolute Gasteiger partial charge is 0.147 e. The molecule has 0 amide bonds. The second-order valence-electron chi connectivity index (χ2n) is 6.32. The number of aromatic nitrogens is 2. The van der Waals surface area contributed by atoms with Crippen LogP contribution in [0.1, 0.15) is 39.8 Å². The second-order valence-corrected chi connectivity index (χ2v) is 6.32. The number of hydrogen-bond acceptors (Lipinski definition) is 5. The van der Waals surface area contributed by atoms with Gasteiger partial charge in [0.2, 0.25) is 0 Å². The summed E-state index contributed by atoms with van der Waals surface area (Å²) in [5.74, 6) is 0.958. The van der Waals surface area contributed by atoms with Gasteiger partial charge in [-0.05, 0) is 27.2 Å². The molecular formula is C15H26N4O. The second kappa shape index (κ2) is 6.50. The van der Waals surface area contributed by atoms with Crippen LogP contribution in [0.15, 0.2) is 12.4 Å². The third-order valence-electron chi connectivity index (χ3n) is 3.39. The Labute approximate surface area is 121 Å². The number of ether oxygens (including phenoxy) is 1. The van der Waals surface area contributed by atoms with Gasteiger partial charge in [0.1, 0.15) is 5.82 Å². The van der Waals surface area contributed by atoms with Crippen molar-refractivity contribution in [3.05, 3.63) is 18.1 Å². The molecule has 20 heavy (non-hydrogen) atoms. The maximum Gasteiger partial charge on any atom is 0.147 e. The highest BCUT2D eigenvalue weighted by Gasteiger charge is 2.20. The van der Waals surface area contributed by atoms with Gasteiger partial charge < -0.3 is 15.0 Å². The van der Waals surface area contributed by atoms with E-state index in [1.807, 2.05) is 12.4 Å². The number of nitrogens with zero attached hydrogens (tertiary/aromatic N) is 3. The summed E-state index contributed by atoms with van der Waals surface area (Å²) in [5.41, 5.74) is 1.07. The topological polar surface area (TPSA) is 50.3 Å². The Morgan fingerprint density at radius 2 is 2.20 bits per heavy atom. The molecule has 1 N–H and O–H groups in total. The lowest BCUT2D eigenvalue weighted by atomic mass is 10.1. The van der Waals surface area contributed by atoms with Gasteiger partial charge in [0.15, 0.2) is 0 Å². The first-order chi connectivity index (χ1) is 9.48. The Morgan fingerprint density at radius 1 is 1.40 bits per heavy atom. The highest BCUT2D eigenvalue weighted by Crippen LogP contribution is 2.16. The molecule has 5 nitrogen and oxygen atoms in total. The lowest BCUT2D eigenvalue weighted by Gasteiger charge is -2.33. The highest BCUT2D eigenvalue weighted by molar-refractivity contribution is 5.37. The van der Waals surface area contributed by atoms with E-state index in [0.717, 1.165) is 44.2 Å². The molecule has 1 saturated heterocycles. The van der Waals surface area contributed by atoms with E-state index in [9.17, 15) is 0 Å². The van der Waals surface area contributed by atoms with Crippen molar-refractivity contribution in [3.8, 4) is 0 Å². The van der Waals surface area contributed by atoms with Gasteiger partial charge in [0.05, 0.1) is 24.6 Å². The average Bonchev–Trinajstić information content (AvgIpc) is 2.45. The van der Waals surface area contributed by atoms with Crippen LogP contribution in [0, 0.1) is 0 Å². The summed E-state index contributed by atoms with van der Waals surface area (Å²) in [7, 11) is 0. The Balaban J connectivity index is 2.01. The summed E-state index contributed by atoms with van der Waals surface area (Å²) < 4.78 is 5.70. The van der Waals surface area contributed by atoms with Crippen molar-refractivity contribution >= 4 is 5.82 Å². The van der Waals surface area contributed by atoms with E-state index in [1.54, 1.807) is 0 Å². The first-order valence-corrected chi connectivity index (χ1v) is 7.40. The van der Waals surface area contributed by atoms with Crippen molar-refractivity contribution in [2.45, 2.75) is 52.3 Å². The fourth-order valence-corrected chi connectivity index (χ4v) is 2.16. The van der Waals surface area contributed by atoms with Gasteiger partial charge in [0.25, 0.3) is 0 Å². The number of rotatable bonds is 4. The van der Waals surface area contributed by atoms with Crippen LogP contribution in [0.25, 0.3) is 0 Å². The Kier molecular flexibility index (Phi) is 4.94. The summed E-state index contributed by atoms with van der Waals surface area (Å²) in [4.78, 5) is 11.3. The maximum atomic E-state index is 5.70. The molecule has 0 bridgehead atoms. The lowest BCUT2D eigenvalue weighted by Crippen LogP contribution is -2.42. The maximum absolute atomic E-state index is 5.70. The largest absolute Gasteiger partial charge is 0.375 e. The molecule has 1 aliphatic rings. The summed E-state index contributed by atoms with van der Waals surface area (Å²) in [6.07, 6.45) is 5.02. The molecule has 2 rings (SSSR count). The fraction of sp³-hybridized carbons (Fsp3) is 0.733. The van der Waals surface area contributed by atoms with Crippen LogP contribution >= 0.6 is 0 Å². The molecule has 0 aromatic carbocycles. The van der Waals surface area contributed by atoms with Gasteiger partial charge in [-0.25, -0.2) is 4.98 Å². The van der Waals surface area contributed by atoms with Crippen molar-refractivity contribution < 1.29 is 4.74 Å².